The second kappa shape index (κ2) is 4.01. The number of hydrogen-bond donors (Lipinski definition) is 2. The number of nitrogens with one attached hydrogen (secondary N) is 2. The SMILES string of the molecule is Cc1[nH]c2ccc(Cl)cc2c1CCNC(=O)C12CC1C2. The van der Waals surface area contributed by atoms with Gasteiger partial charge in [0.15, 0.2) is 0 Å². The molecule has 0 bridgehead atoms. The van der Waals surface area contributed by atoms with Crippen LogP contribution in [0.4, 0.5) is 0 Å². The third-order valence-corrected chi connectivity index (χ3v) is 5.11. The van der Waals surface area contributed by atoms with Gasteiger partial charge in [-0.2, -0.15) is 0 Å². The smallest absolute Gasteiger partial charge is 0.226 e. The highest BCUT2D eigenvalue weighted by Gasteiger charge is 2.74. The molecule has 4 heteroatoms. The van der Waals surface area contributed by atoms with Crippen LogP contribution >= 0.6 is 11.6 Å². The molecule has 1 heterocycles. The summed E-state index contributed by atoms with van der Waals surface area (Å²) in [6.45, 7) is 2.77. The van der Waals surface area contributed by atoms with Gasteiger partial charge in [0.25, 0.3) is 0 Å². The molecule has 1 aromatic carbocycles. The van der Waals surface area contributed by atoms with Crippen LogP contribution in [-0.2, 0) is 11.2 Å². The van der Waals surface area contributed by atoms with Gasteiger partial charge in [0, 0.05) is 28.2 Å². The number of hydrogen-bond acceptors (Lipinski definition) is 1. The fraction of sp³-hybridized carbons (Fsp3) is 0.438. The van der Waals surface area contributed by atoms with Gasteiger partial charge in [0.2, 0.25) is 5.91 Å². The van der Waals surface area contributed by atoms with Gasteiger partial charge in [0.1, 0.15) is 0 Å². The van der Waals surface area contributed by atoms with E-state index in [1.165, 1.54) is 5.56 Å². The second-order valence-corrected chi connectivity index (χ2v) is 6.62. The summed E-state index contributed by atoms with van der Waals surface area (Å²) in [6, 6.07) is 5.89. The van der Waals surface area contributed by atoms with Crippen LogP contribution in [0.25, 0.3) is 10.9 Å². The molecule has 104 valence electrons. The van der Waals surface area contributed by atoms with Crippen LogP contribution in [0.5, 0.6) is 0 Å². The molecule has 0 radical (unpaired) electrons. The van der Waals surface area contributed by atoms with Crippen LogP contribution in [0.3, 0.4) is 0 Å². The molecule has 0 saturated heterocycles. The van der Waals surface area contributed by atoms with E-state index in [2.05, 4.69) is 17.2 Å². The zero-order valence-corrected chi connectivity index (χ0v) is 12.2. The highest BCUT2D eigenvalue weighted by atomic mass is 35.5. The number of aryl methyl sites for hydroxylation is 1. The molecular weight excluding hydrogens is 272 g/mol. The van der Waals surface area contributed by atoms with Crippen molar-refractivity contribution >= 4 is 28.4 Å². The number of carbonyl (C=O) groups excluding carboxylic acids is 1. The fourth-order valence-corrected chi connectivity index (χ4v) is 3.40. The predicted octanol–water partition coefficient (Wildman–Crippen LogP) is 3.20. The van der Waals surface area contributed by atoms with E-state index in [0.29, 0.717) is 12.5 Å². The van der Waals surface area contributed by atoms with Crippen LogP contribution in [0.2, 0.25) is 5.02 Å². The van der Waals surface area contributed by atoms with Gasteiger partial charge >= 0.3 is 0 Å². The lowest BCUT2D eigenvalue weighted by Crippen LogP contribution is -2.29. The first-order valence-corrected chi connectivity index (χ1v) is 7.53. The van der Waals surface area contributed by atoms with Crippen molar-refractivity contribution in [1.82, 2.24) is 10.3 Å². The maximum Gasteiger partial charge on any atom is 0.226 e. The summed E-state index contributed by atoms with van der Waals surface area (Å²) < 4.78 is 0. The van der Waals surface area contributed by atoms with E-state index >= 15 is 0 Å². The van der Waals surface area contributed by atoms with E-state index in [-0.39, 0.29) is 11.3 Å². The summed E-state index contributed by atoms with van der Waals surface area (Å²) in [7, 11) is 0. The maximum absolute atomic E-state index is 12.0. The Hall–Kier alpha value is -1.48. The van der Waals surface area contributed by atoms with E-state index in [9.17, 15) is 4.79 Å². The highest BCUT2D eigenvalue weighted by Crippen LogP contribution is 2.75. The summed E-state index contributed by atoms with van der Waals surface area (Å²) in [5.41, 5.74) is 3.59. The minimum absolute atomic E-state index is 0.0680. The fourth-order valence-electron chi connectivity index (χ4n) is 3.23. The average molecular weight is 289 g/mol. The van der Waals surface area contributed by atoms with Crippen LogP contribution in [0.1, 0.15) is 24.1 Å². The third kappa shape index (κ3) is 1.76. The van der Waals surface area contributed by atoms with E-state index < -0.39 is 0 Å². The van der Waals surface area contributed by atoms with Gasteiger partial charge in [-0.15, -0.1) is 0 Å². The van der Waals surface area contributed by atoms with E-state index in [1.807, 2.05) is 18.2 Å². The number of aromatic amines is 1. The van der Waals surface area contributed by atoms with E-state index in [4.69, 9.17) is 11.6 Å². The Morgan fingerprint density at radius 1 is 1.50 bits per heavy atom. The van der Waals surface area contributed by atoms with Crippen molar-refractivity contribution in [2.45, 2.75) is 26.2 Å². The lowest BCUT2D eigenvalue weighted by atomic mass is 10.1. The molecule has 0 unspecified atom stereocenters. The van der Waals surface area contributed by atoms with Crippen molar-refractivity contribution in [3.8, 4) is 0 Å². The largest absolute Gasteiger partial charge is 0.358 e. The Labute approximate surface area is 122 Å². The molecule has 4 rings (SSSR count). The lowest BCUT2D eigenvalue weighted by molar-refractivity contribution is -0.124. The van der Waals surface area contributed by atoms with Gasteiger partial charge in [-0.1, -0.05) is 11.6 Å². The molecule has 2 fully saturated rings. The number of rotatable bonds is 4. The second-order valence-electron chi connectivity index (χ2n) is 6.19. The summed E-state index contributed by atoms with van der Waals surface area (Å²) >= 11 is 6.07. The zero-order chi connectivity index (χ0) is 13.9. The van der Waals surface area contributed by atoms with E-state index in [1.54, 1.807) is 0 Å². The summed E-state index contributed by atoms with van der Waals surface area (Å²) in [4.78, 5) is 15.3. The van der Waals surface area contributed by atoms with Crippen LogP contribution < -0.4 is 5.32 Å². The van der Waals surface area contributed by atoms with Crippen molar-refractivity contribution in [3.63, 3.8) is 0 Å². The highest BCUT2D eigenvalue weighted by molar-refractivity contribution is 6.31. The van der Waals surface area contributed by atoms with Crippen LogP contribution in [0.15, 0.2) is 18.2 Å². The van der Waals surface area contributed by atoms with Gasteiger partial charge < -0.3 is 10.3 Å². The quantitative estimate of drug-likeness (QED) is 0.891. The van der Waals surface area contributed by atoms with Crippen molar-refractivity contribution in [2.75, 3.05) is 6.54 Å². The lowest BCUT2D eigenvalue weighted by Gasteiger charge is -2.07. The number of benzene rings is 1. The Morgan fingerprint density at radius 3 is 2.95 bits per heavy atom. The first-order valence-electron chi connectivity index (χ1n) is 7.15. The minimum atomic E-state index is 0.0680. The Bertz CT molecular complexity index is 713. The molecule has 20 heavy (non-hydrogen) atoms. The van der Waals surface area contributed by atoms with Gasteiger partial charge in [-0.05, 0) is 55.9 Å². The topological polar surface area (TPSA) is 44.9 Å². The Morgan fingerprint density at radius 2 is 2.25 bits per heavy atom. The summed E-state index contributed by atoms with van der Waals surface area (Å²) in [5.74, 6) is 0.967. The van der Waals surface area contributed by atoms with Gasteiger partial charge in [-0.3, -0.25) is 4.79 Å². The summed E-state index contributed by atoms with van der Waals surface area (Å²) in [5, 5.41) is 5.00. The summed E-state index contributed by atoms with van der Waals surface area (Å²) in [6.07, 6.45) is 3.07. The monoisotopic (exact) mass is 288 g/mol. The first kappa shape index (κ1) is 12.3. The van der Waals surface area contributed by atoms with Crippen molar-refractivity contribution < 1.29 is 4.79 Å². The number of carbonyl (C=O) groups is 1. The zero-order valence-electron chi connectivity index (χ0n) is 11.4. The molecule has 1 amide bonds. The standard InChI is InChI=1S/C16H17ClN2O/c1-9-12(13-6-11(17)2-3-14(13)19-9)4-5-18-15(20)16-7-10(16)8-16/h2-3,6,10,19H,4-5,7-8H2,1H3,(H,18,20). The molecule has 2 aliphatic rings. The molecular formula is C16H17ClN2O. The van der Waals surface area contributed by atoms with Crippen molar-refractivity contribution in [1.29, 1.82) is 0 Å². The number of amides is 1. The minimum Gasteiger partial charge on any atom is -0.358 e. The molecule has 2 aliphatic carbocycles. The molecule has 1 aromatic heterocycles. The Balaban J connectivity index is 1.48. The normalized spacial score (nSPS) is 26.4. The molecule has 0 spiro atoms. The van der Waals surface area contributed by atoms with Gasteiger partial charge in [0.05, 0.1) is 5.41 Å². The molecule has 2 N–H and O–H groups in total. The van der Waals surface area contributed by atoms with E-state index in [0.717, 1.165) is 40.9 Å². The molecule has 0 aliphatic heterocycles. The average Bonchev–Trinajstić information content (AvgIpc) is 3.23. The molecule has 2 saturated carbocycles. The van der Waals surface area contributed by atoms with Crippen molar-refractivity contribution in [2.24, 2.45) is 11.3 Å². The first-order chi connectivity index (χ1) is 9.60. The number of fused-ring (bicyclic) bond motifs is 2. The Kier molecular flexibility index (Phi) is 2.46. The maximum atomic E-state index is 12.0. The predicted molar refractivity (Wildman–Crippen MR) is 79.9 cm³/mol. The third-order valence-electron chi connectivity index (χ3n) is 4.88. The number of halogens is 1. The molecule has 2 aromatic rings. The number of H-pyrrole nitrogens is 1. The molecule has 0 atom stereocenters. The number of aromatic nitrogens is 1. The van der Waals surface area contributed by atoms with Crippen LogP contribution in [0, 0.1) is 18.3 Å². The van der Waals surface area contributed by atoms with Crippen LogP contribution in [-0.4, -0.2) is 17.4 Å². The van der Waals surface area contributed by atoms with Gasteiger partial charge in [-0.25, -0.2) is 0 Å². The molecule has 3 nitrogen and oxygen atoms in total. The van der Waals surface area contributed by atoms with Crippen molar-refractivity contribution in [3.05, 3.63) is 34.5 Å².